The van der Waals surface area contributed by atoms with Gasteiger partial charge in [0.15, 0.2) is 0 Å². The van der Waals surface area contributed by atoms with Crippen molar-refractivity contribution in [1.29, 1.82) is 0 Å². The van der Waals surface area contributed by atoms with E-state index in [0.29, 0.717) is 6.54 Å². The monoisotopic (exact) mass is 312 g/mol. The van der Waals surface area contributed by atoms with Crippen LogP contribution in [0.4, 0.5) is 0 Å². The van der Waals surface area contributed by atoms with Crippen molar-refractivity contribution in [1.82, 2.24) is 20.4 Å². The highest BCUT2D eigenvalue weighted by Gasteiger charge is 2.17. The van der Waals surface area contributed by atoms with Crippen LogP contribution in [0, 0.1) is 0 Å². The number of carbonyl (C=O) groups excluding carboxylic acids is 1. The van der Waals surface area contributed by atoms with Crippen molar-refractivity contribution >= 4 is 5.91 Å². The smallest absolute Gasteiger partial charge is 0.271 e. The number of benzene rings is 1. The number of piperidine rings is 1. The van der Waals surface area contributed by atoms with E-state index < -0.39 is 0 Å². The first-order valence-electron chi connectivity index (χ1n) is 7.86. The molecule has 120 valence electrons. The van der Waals surface area contributed by atoms with Crippen LogP contribution in [0.2, 0.25) is 0 Å². The molecule has 1 unspecified atom stereocenters. The van der Waals surface area contributed by atoms with E-state index in [-0.39, 0.29) is 23.2 Å². The molecule has 0 radical (unpaired) electrons. The van der Waals surface area contributed by atoms with E-state index in [9.17, 15) is 9.59 Å². The molecule has 0 saturated carbocycles. The molecule has 1 aromatic heterocycles. The fourth-order valence-corrected chi connectivity index (χ4v) is 2.67. The average molecular weight is 312 g/mol. The first kappa shape index (κ1) is 15.4. The van der Waals surface area contributed by atoms with Gasteiger partial charge >= 0.3 is 0 Å². The third-order valence-corrected chi connectivity index (χ3v) is 3.91. The van der Waals surface area contributed by atoms with Crippen LogP contribution in [-0.2, 0) is 6.54 Å². The number of hydrogen-bond acceptors (Lipinski definition) is 4. The standard InChI is InChI=1S/C17H20N4O2/c22-16-9-8-15(17(23)19-14-7-4-10-18-11-14)20-21(16)12-13-5-2-1-3-6-13/h1-3,5-6,8-9,14,18H,4,7,10-12H2,(H,19,23). The number of aromatic nitrogens is 2. The van der Waals surface area contributed by atoms with Crippen molar-refractivity contribution in [2.24, 2.45) is 0 Å². The van der Waals surface area contributed by atoms with Gasteiger partial charge in [0, 0.05) is 18.7 Å². The van der Waals surface area contributed by atoms with Crippen LogP contribution in [0.1, 0.15) is 28.9 Å². The number of amides is 1. The molecule has 0 aliphatic carbocycles. The lowest BCUT2D eigenvalue weighted by Crippen LogP contribution is -2.46. The third-order valence-electron chi connectivity index (χ3n) is 3.91. The van der Waals surface area contributed by atoms with Crippen molar-refractivity contribution in [3.63, 3.8) is 0 Å². The molecule has 2 N–H and O–H groups in total. The molecule has 1 saturated heterocycles. The molecule has 0 spiro atoms. The zero-order valence-corrected chi connectivity index (χ0v) is 12.9. The molecule has 1 amide bonds. The Hall–Kier alpha value is -2.47. The predicted molar refractivity (Wildman–Crippen MR) is 87.4 cm³/mol. The third kappa shape index (κ3) is 4.04. The van der Waals surface area contributed by atoms with E-state index in [4.69, 9.17) is 0 Å². The molecule has 1 atom stereocenters. The SMILES string of the molecule is O=C(NC1CCCNC1)c1ccc(=O)n(Cc2ccccc2)n1. The first-order valence-corrected chi connectivity index (χ1v) is 7.86. The maximum absolute atomic E-state index is 12.3. The Balaban J connectivity index is 1.74. The molecule has 0 bridgehead atoms. The van der Waals surface area contributed by atoms with Crippen LogP contribution in [0.15, 0.2) is 47.3 Å². The molecule has 1 aliphatic heterocycles. The highest BCUT2D eigenvalue weighted by molar-refractivity contribution is 5.92. The van der Waals surface area contributed by atoms with Crippen LogP contribution in [0.25, 0.3) is 0 Å². The summed E-state index contributed by atoms with van der Waals surface area (Å²) >= 11 is 0. The lowest BCUT2D eigenvalue weighted by atomic mass is 10.1. The van der Waals surface area contributed by atoms with Gasteiger partial charge in [-0.1, -0.05) is 30.3 Å². The first-order chi connectivity index (χ1) is 11.2. The van der Waals surface area contributed by atoms with E-state index in [0.717, 1.165) is 31.5 Å². The highest BCUT2D eigenvalue weighted by atomic mass is 16.2. The summed E-state index contributed by atoms with van der Waals surface area (Å²) in [5.74, 6) is -0.236. The minimum Gasteiger partial charge on any atom is -0.347 e. The molecule has 1 fully saturated rings. The minimum absolute atomic E-state index is 0.118. The molecular formula is C17H20N4O2. The molecule has 3 rings (SSSR count). The van der Waals surface area contributed by atoms with Crippen LogP contribution >= 0.6 is 0 Å². The van der Waals surface area contributed by atoms with Gasteiger partial charge in [0.1, 0.15) is 5.69 Å². The van der Waals surface area contributed by atoms with Gasteiger partial charge in [0.2, 0.25) is 0 Å². The zero-order chi connectivity index (χ0) is 16.1. The van der Waals surface area contributed by atoms with Gasteiger partial charge in [0.05, 0.1) is 6.54 Å². The lowest BCUT2D eigenvalue weighted by Gasteiger charge is -2.23. The maximum atomic E-state index is 12.3. The van der Waals surface area contributed by atoms with Gasteiger partial charge in [-0.2, -0.15) is 5.10 Å². The van der Waals surface area contributed by atoms with Gasteiger partial charge in [-0.25, -0.2) is 4.68 Å². The van der Waals surface area contributed by atoms with Crippen molar-refractivity contribution in [3.8, 4) is 0 Å². The van der Waals surface area contributed by atoms with Crippen LogP contribution in [-0.4, -0.2) is 34.8 Å². The molecule has 2 heterocycles. The number of hydrogen-bond donors (Lipinski definition) is 2. The Bertz CT molecular complexity index is 721. The highest BCUT2D eigenvalue weighted by Crippen LogP contribution is 2.03. The summed E-state index contributed by atoms with van der Waals surface area (Å²) in [6.45, 7) is 2.12. The van der Waals surface area contributed by atoms with Crippen LogP contribution in [0.5, 0.6) is 0 Å². The summed E-state index contributed by atoms with van der Waals surface area (Å²) in [5, 5.41) is 10.4. The minimum atomic E-state index is -0.236. The van der Waals surface area contributed by atoms with Crippen molar-refractivity contribution in [2.45, 2.75) is 25.4 Å². The second-order valence-corrected chi connectivity index (χ2v) is 5.72. The fraction of sp³-hybridized carbons (Fsp3) is 0.353. The topological polar surface area (TPSA) is 76.0 Å². The Labute approximate surface area is 134 Å². The Kier molecular flexibility index (Phi) is 4.83. The summed E-state index contributed by atoms with van der Waals surface area (Å²) in [4.78, 5) is 24.3. The second-order valence-electron chi connectivity index (χ2n) is 5.72. The Morgan fingerprint density at radius 3 is 2.83 bits per heavy atom. The quantitative estimate of drug-likeness (QED) is 0.874. The molecule has 1 aliphatic rings. The Morgan fingerprint density at radius 1 is 1.26 bits per heavy atom. The largest absolute Gasteiger partial charge is 0.347 e. The number of rotatable bonds is 4. The van der Waals surface area contributed by atoms with Gasteiger partial charge in [-0.05, 0) is 31.0 Å². The summed E-state index contributed by atoms with van der Waals surface area (Å²) in [5.41, 5.74) is 1.02. The zero-order valence-electron chi connectivity index (χ0n) is 12.9. The maximum Gasteiger partial charge on any atom is 0.271 e. The Morgan fingerprint density at radius 2 is 2.09 bits per heavy atom. The summed E-state index contributed by atoms with van der Waals surface area (Å²) in [6.07, 6.45) is 2.01. The predicted octanol–water partition coefficient (Wildman–Crippen LogP) is 0.773. The summed E-state index contributed by atoms with van der Waals surface area (Å²) in [6, 6.07) is 12.6. The summed E-state index contributed by atoms with van der Waals surface area (Å²) in [7, 11) is 0. The fourth-order valence-electron chi connectivity index (χ4n) is 2.67. The number of carbonyl (C=O) groups is 1. The van der Waals surface area contributed by atoms with Gasteiger partial charge in [-0.15, -0.1) is 0 Å². The lowest BCUT2D eigenvalue weighted by molar-refractivity contribution is 0.0923. The van der Waals surface area contributed by atoms with Gasteiger partial charge in [0.25, 0.3) is 11.5 Å². The molecule has 2 aromatic rings. The van der Waals surface area contributed by atoms with E-state index in [1.165, 1.54) is 16.8 Å². The number of nitrogens with zero attached hydrogens (tertiary/aromatic N) is 2. The van der Waals surface area contributed by atoms with E-state index in [1.807, 2.05) is 30.3 Å². The van der Waals surface area contributed by atoms with Gasteiger partial charge in [-0.3, -0.25) is 9.59 Å². The van der Waals surface area contributed by atoms with E-state index in [2.05, 4.69) is 15.7 Å². The molecular weight excluding hydrogens is 292 g/mol. The van der Waals surface area contributed by atoms with Crippen LogP contribution < -0.4 is 16.2 Å². The van der Waals surface area contributed by atoms with E-state index >= 15 is 0 Å². The van der Waals surface area contributed by atoms with Crippen molar-refractivity contribution in [3.05, 3.63) is 64.1 Å². The molecule has 23 heavy (non-hydrogen) atoms. The van der Waals surface area contributed by atoms with Gasteiger partial charge < -0.3 is 10.6 Å². The molecule has 1 aromatic carbocycles. The average Bonchev–Trinajstić information content (AvgIpc) is 2.58. The number of nitrogens with one attached hydrogen (secondary N) is 2. The van der Waals surface area contributed by atoms with Crippen LogP contribution in [0.3, 0.4) is 0 Å². The normalized spacial score (nSPS) is 17.7. The molecule has 6 nitrogen and oxygen atoms in total. The van der Waals surface area contributed by atoms with Crippen molar-refractivity contribution in [2.75, 3.05) is 13.1 Å². The second kappa shape index (κ2) is 7.19. The van der Waals surface area contributed by atoms with E-state index in [1.54, 1.807) is 0 Å². The van der Waals surface area contributed by atoms with Crippen molar-refractivity contribution < 1.29 is 4.79 Å². The summed E-state index contributed by atoms with van der Waals surface area (Å²) < 4.78 is 1.32. The molecule has 6 heteroatoms.